The van der Waals surface area contributed by atoms with Gasteiger partial charge in [-0.05, 0) is 17.7 Å². The van der Waals surface area contributed by atoms with Gasteiger partial charge in [0.25, 0.3) is 5.69 Å². The van der Waals surface area contributed by atoms with Crippen molar-refractivity contribution in [3.63, 3.8) is 0 Å². The van der Waals surface area contributed by atoms with Gasteiger partial charge in [-0.15, -0.1) is 0 Å². The number of rotatable bonds is 6. The Morgan fingerprint density at radius 3 is 2.55 bits per heavy atom. The SMILES string of the molecule is CN(Cc1cccc(Cl)c1Cl)c1ccc([N+](=O)[O-])cc1S(=O)(=O)N1CCOCC1. The van der Waals surface area contributed by atoms with Gasteiger partial charge in [0.2, 0.25) is 10.0 Å². The van der Waals surface area contributed by atoms with Crippen LogP contribution in [0.5, 0.6) is 0 Å². The third kappa shape index (κ3) is 4.65. The predicted octanol–water partition coefficient (Wildman–Crippen LogP) is 3.56. The molecule has 29 heavy (non-hydrogen) atoms. The van der Waals surface area contributed by atoms with Crippen LogP contribution in [0.2, 0.25) is 10.0 Å². The van der Waals surface area contributed by atoms with Crippen molar-refractivity contribution in [3.8, 4) is 0 Å². The molecule has 0 aromatic heterocycles. The first kappa shape index (κ1) is 21.8. The fraction of sp³-hybridized carbons (Fsp3) is 0.333. The summed E-state index contributed by atoms with van der Waals surface area (Å²) in [6.45, 7) is 1.19. The summed E-state index contributed by atoms with van der Waals surface area (Å²) in [5, 5.41) is 12.0. The second-order valence-corrected chi connectivity index (χ2v) is 9.19. The molecule has 1 saturated heterocycles. The van der Waals surface area contributed by atoms with Crippen LogP contribution in [0.4, 0.5) is 11.4 Å². The molecule has 0 atom stereocenters. The van der Waals surface area contributed by atoms with E-state index in [-0.39, 0.29) is 43.4 Å². The molecule has 0 aliphatic carbocycles. The Bertz CT molecular complexity index is 1030. The average molecular weight is 460 g/mol. The predicted molar refractivity (Wildman–Crippen MR) is 111 cm³/mol. The lowest BCUT2D eigenvalue weighted by molar-refractivity contribution is -0.385. The fourth-order valence-electron chi connectivity index (χ4n) is 3.08. The summed E-state index contributed by atoms with van der Waals surface area (Å²) in [6, 6.07) is 9.00. The Kier molecular flexibility index (Phi) is 6.65. The summed E-state index contributed by atoms with van der Waals surface area (Å²) in [7, 11) is -2.26. The maximum atomic E-state index is 13.2. The largest absolute Gasteiger partial charge is 0.379 e. The van der Waals surface area contributed by atoms with Gasteiger partial charge in [-0.2, -0.15) is 4.31 Å². The molecule has 0 spiro atoms. The monoisotopic (exact) mass is 459 g/mol. The van der Waals surface area contributed by atoms with Gasteiger partial charge in [-0.1, -0.05) is 35.3 Å². The van der Waals surface area contributed by atoms with E-state index in [2.05, 4.69) is 0 Å². The topological polar surface area (TPSA) is 93.0 Å². The molecule has 1 aliphatic heterocycles. The molecule has 11 heteroatoms. The van der Waals surface area contributed by atoms with Gasteiger partial charge >= 0.3 is 0 Å². The Morgan fingerprint density at radius 2 is 1.90 bits per heavy atom. The molecule has 0 saturated carbocycles. The molecule has 2 aromatic rings. The van der Waals surface area contributed by atoms with Crippen molar-refractivity contribution in [2.75, 3.05) is 38.3 Å². The van der Waals surface area contributed by atoms with Crippen molar-refractivity contribution in [2.45, 2.75) is 11.4 Å². The number of halogens is 2. The number of hydrogen-bond donors (Lipinski definition) is 0. The molecule has 8 nitrogen and oxygen atoms in total. The molecule has 2 aromatic carbocycles. The second-order valence-electron chi connectivity index (χ2n) is 6.49. The molecule has 3 rings (SSSR count). The third-order valence-electron chi connectivity index (χ3n) is 4.59. The number of nitrogens with zero attached hydrogens (tertiary/aromatic N) is 3. The summed E-state index contributed by atoms with van der Waals surface area (Å²) in [6.07, 6.45) is 0. The van der Waals surface area contributed by atoms with Gasteiger partial charge in [0.15, 0.2) is 0 Å². The molecular formula is C18H19Cl2N3O5S. The van der Waals surface area contributed by atoms with E-state index in [1.54, 1.807) is 30.1 Å². The Labute approximate surface area is 178 Å². The van der Waals surface area contributed by atoms with Crippen molar-refractivity contribution in [1.82, 2.24) is 4.31 Å². The van der Waals surface area contributed by atoms with Crippen LogP contribution in [-0.4, -0.2) is 51.0 Å². The van der Waals surface area contributed by atoms with Gasteiger partial charge in [0.05, 0.1) is 33.9 Å². The molecule has 0 amide bonds. The van der Waals surface area contributed by atoms with Crippen molar-refractivity contribution in [2.24, 2.45) is 0 Å². The summed E-state index contributed by atoms with van der Waals surface area (Å²) in [5.41, 5.74) is 0.739. The number of morpholine rings is 1. The molecular weight excluding hydrogens is 441 g/mol. The number of sulfonamides is 1. The highest BCUT2D eigenvalue weighted by Crippen LogP contribution is 2.33. The lowest BCUT2D eigenvalue weighted by Crippen LogP contribution is -2.41. The van der Waals surface area contributed by atoms with Crippen molar-refractivity contribution in [3.05, 3.63) is 62.1 Å². The summed E-state index contributed by atoms with van der Waals surface area (Å²) < 4.78 is 33.0. The second kappa shape index (κ2) is 8.85. The molecule has 1 fully saturated rings. The number of anilines is 1. The van der Waals surface area contributed by atoms with Crippen LogP contribution < -0.4 is 4.90 Å². The van der Waals surface area contributed by atoms with E-state index >= 15 is 0 Å². The van der Waals surface area contributed by atoms with Crippen LogP contribution in [0.25, 0.3) is 0 Å². The first-order chi connectivity index (χ1) is 13.7. The maximum absolute atomic E-state index is 13.2. The molecule has 1 aliphatic rings. The molecule has 0 unspecified atom stereocenters. The highest BCUT2D eigenvalue weighted by atomic mass is 35.5. The summed E-state index contributed by atoms with van der Waals surface area (Å²) in [5.74, 6) is 0. The Morgan fingerprint density at radius 1 is 1.21 bits per heavy atom. The number of benzene rings is 2. The molecule has 0 bridgehead atoms. The van der Waals surface area contributed by atoms with Crippen molar-refractivity contribution < 1.29 is 18.1 Å². The third-order valence-corrected chi connectivity index (χ3v) is 7.38. The van der Waals surface area contributed by atoms with Crippen LogP contribution in [0.1, 0.15) is 5.56 Å². The molecule has 1 heterocycles. The van der Waals surface area contributed by atoms with E-state index < -0.39 is 14.9 Å². The number of hydrogen-bond acceptors (Lipinski definition) is 6. The van der Waals surface area contributed by atoms with E-state index in [4.69, 9.17) is 27.9 Å². The minimum Gasteiger partial charge on any atom is -0.379 e. The van der Waals surface area contributed by atoms with Gasteiger partial charge in [-0.3, -0.25) is 10.1 Å². The van der Waals surface area contributed by atoms with Gasteiger partial charge in [0, 0.05) is 38.8 Å². The Balaban J connectivity index is 2.03. The minimum atomic E-state index is -3.96. The number of ether oxygens (including phenoxy) is 1. The number of non-ortho nitro benzene ring substituents is 1. The first-order valence-corrected chi connectivity index (χ1v) is 10.9. The number of nitro benzene ring substituents is 1. The highest BCUT2D eigenvalue weighted by Gasteiger charge is 2.31. The minimum absolute atomic E-state index is 0.130. The lowest BCUT2D eigenvalue weighted by Gasteiger charge is -2.29. The van der Waals surface area contributed by atoms with Gasteiger partial charge < -0.3 is 9.64 Å². The van der Waals surface area contributed by atoms with Gasteiger partial charge in [-0.25, -0.2) is 8.42 Å². The molecule has 0 radical (unpaired) electrons. The standard InChI is InChI=1S/C18H19Cl2N3O5S/c1-21(12-13-3-2-4-15(19)18(13)20)16-6-5-14(23(24)25)11-17(16)29(26,27)22-7-9-28-10-8-22/h2-6,11H,7-10,12H2,1H3. The molecule has 0 N–H and O–H groups in total. The van der Waals surface area contributed by atoms with Crippen LogP contribution in [-0.2, 0) is 21.3 Å². The zero-order chi connectivity index (χ0) is 21.2. The van der Waals surface area contributed by atoms with E-state index in [0.29, 0.717) is 21.3 Å². The van der Waals surface area contributed by atoms with E-state index in [1.165, 1.54) is 16.4 Å². The lowest BCUT2D eigenvalue weighted by atomic mass is 10.2. The Hall–Kier alpha value is -1.91. The summed E-state index contributed by atoms with van der Waals surface area (Å²) >= 11 is 12.3. The van der Waals surface area contributed by atoms with Crippen LogP contribution in [0.15, 0.2) is 41.3 Å². The highest BCUT2D eigenvalue weighted by molar-refractivity contribution is 7.89. The number of nitro groups is 1. The molecule has 156 valence electrons. The quantitative estimate of drug-likeness (QED) is 0.484. The van der Waals surface area contributed by atoms with Crippen LogP contribution in [0, 0.1) is 10.1 Å². The van der Waals surface area contributed by atoms with E-state index in [9.17, 15) is 18.5 Å². The van der Waals surface area contributed by atoms with Crippen molar-refractivity contribution in [1.29, 1.82) is 0 Å². The van der Waals surface area contributed by atoms with E-state index in [1.807, 2.05) is 0 Å². The first-order valence-electron chi connectivity index (χ1n) is 8.72. The van der Waals surface area contributed by atoms with E-state index in [0.717, 1.165) is 6.07 Å². The zero-order valence-electron chi connectivity index (χ0n) is 15.5. The van der Waals surface area contributed by atoms with Crippen LogP contribution in [0.3, 0.4) is 0 Å². The van der Waals surface area contributed by atoms with Gasteiger partial charge in [0.1, 0.15) is 4.90 Å². The zero-order valence-corrected chi connectivity index (χ0v) is 17.9. The normalized spacial score (nSPS) is 15.3. The smallest absolute Gasteiger partial charge is 0.270 e. The van der Waals surface area contributed by atoms with Crippen molar-refractivity contribution >= 4 is 44.6 Å². The summed E-state index contributed by atoms with van der Waals surface area (Å²) in [4.78, 5) is 12.2. The fourth-order valence-corrected chi connectivity index (χ4v) is 5.12. The van der Waals surface area contributed by atoms with Crippen LogP contribution >= 0.6 is 23.2 Å². The average Bonchev–Trinajstić information content (AvgIpc) is 2.71. The maximum Gasteiger partial charge on any atom is 0.270 e.